The van der Waals surface area contributed by atoms with Gasteiger partial charge >= 0.3 is 0 Å². The monoisotopic (exact) mass is 349 g/mol. The molecule has 0 aliphatic carbocycles. The van der Waals surface area contributed by atoms with E-state index in [-0.39, 0.29) is 0 Å². The van der Waals surface area contributed by atoms with Crippen LogP contribution in [0.15, 0.2) is 29.3 Å². The number of benzene rings is 1. The van der Waals surface area contributed by atoms with Crippen molar-refractivity contribution in [2.24, 2.45) is 4.99 Å². The van der Waals surface area contributed by atoms with Crippen molar-refractivity contribution in [1.29, 1.82) is 0 Å². The molecule has 1 aliphatic heterocycles. The minimum atomic E-state index is 0.354. The van der Waals surface area contributed by atoms with E-state index in [0.717, 1.165) is 63.8 Å². The van der Waals surface area contributed by atoms with Crippen molar-refractivity contribution in [1.82, 2.24) is 10.2 Å². The SMILES string of the molecule is CN=C(NCc1ccc(OC)cc1)N1CCC(OCCCOC)CC1. The normalized spacial score (nSPS) is 16.1. The fourth-order valence-electron chi connectivity index (χ4n) is 2.94. The number of aliphatic imine (C=N–C) groups is 1. The van der Waals surface area contributed by atoms with Gasteiger partial charge in [-0.05, 0) is 37.0 Å². The topological polar surface area (TPSA) is 55.3 Å². The number of likely N-dealkylation sites (tertiary alicyclic amines) is 1. The average molecular weight is 349 g/mol. The lowest BCUT2D eigenvalue weighted by Gasteiger charge is -2.34. The van der Waals surface area contributed by atoms with Crippen LogP contribution in [0.5, 0.6) is 5.75 Å². The van der Waals surface area contributed by atoms with Crippen LogP contribution in [0, 0.1) is 0 Å². The number of methoxy groups -OCH3 is 2. The first-order chi connectivity index (χ1) is 12.3. The molecule has 1 fully saturated rings. The van der Waals surface area contributed by atoms with Crippen LogP contribution in [0.3, 0.4) is 0 Å². The highest BCUT2D eigenvalue weighted by molar-refractivity contribution is 5.79. The molecule has 0 unspecified atom stereocenters. The Bertz CT molecular complexity index is 511. The molecule has 6 nitrogen and oxygen atoms in total. The van der Waals surface area contributed by atoms with Crippen molar-refractivity contribution in [2.75, 3.05) is 47.6 Å². The number of rotatable bonds is 8. The fourth-order valence-corrected chi connectivity index (χ4v) is 2.94. The highest BCUT2D eigenvalue weighted by Gasteiger charge is 2.21. The molecule has 0 atom stereocenters. The largest absolute Gasteiger partial charge is 0.497 e. The number of piperidine rings is 1. The van der Waals surface area contributed by atoms with Gasteiger partial charge in [-0.1, -0.05) is 12.1 Å². The number of hydrogen-bond acceptors (Lipinski definition) is 4. The van der Waals surface area contributed by atoms with E-state index in [1.54, 1.807) is 14.2 Å². The van der Waals surface area contributed by atoms with E-state index in [1.165, 1.54) is 5.56 Å². The van der Waals surface area contributed by atoms with Crippen molar-refractivity contribution in [3.8, 4) is 5.75 Å². The molecule has 25 heavy (non-hydrogen) atoms. The lowest BCUT2D eigenvalue weighted by atomic mass is 10.1. The van der Waals surface area contributed by atoms with E-state index < -0.39 is 0 Å². The van der Waals surface area contributed by atoms with Gasteiger partial charge in [0, 0.05) is 47.0 Å². The van der Waals surface area contributed by atoms with Crippen molar-refractivity contribution in [2.45, 2.75) is 31.9 Å². The molecule has 1 heterocycles. The zero-order valence-electron chi connectivity index (χ0n) is 15.7. The Morgan fingerprint density at radius 2 is 1.88 bits per heavy atom. The van der Waals surface area contributed by atoms with Crippen molar-refractivity contribution in [3.05, 3.63) is 29.8 Å². The summed E-state index contributed by atoms with van der Waals surface area (Å²) in [6.07, 6.45) is 3.39. The molecule has 6 heteroatoms. The van der Waals surface area contributed by atoms with Crippen molar-refractivity contribution < 1.29 is 14.2 Å². The van der Waals surface area contributed by atoms with Gasteiger partial charge in [-0.15, -0.1) is 0 Å². The van der Waals surface area contributed by atoms with E-state index in [9.17, 15) is 0 Å². The highest BCUT2D eigenvalue weighted by Crippen LogP contribution is 2.15. The summed E-state index contributed by atoms with van der Waals surface area (Å²) >= 11 is 0. The first-order valence-corrected chi connectivity index (χ1v) is 8.96. The van der Waals surface area contributed by atoms with E-state index >= 15 is 0 Å². The third-order valence-electron chi connectivity index (χ3n) is 4.41. The van der Waals surface area contributed by atoms with Crippen LogP contribution in [-0.2, 0) is 16.0 Å². The van der Waals surface area contributed by atoms with E-state index in [0.29, 0.717) is 6.10 Å². The minimum absolute atomic E-state index is 0.354. The molecule has 140 valence electrons. The minimum Gasteiger partial charge on any atom is -0.497 e. The predicted octanol–water partition coefficient (Wildman–Crippen LogP) is 2.29. The molecule has 0 spiro atoms. The lowest BCUT2D eigenvalue weighted by molar-refractivity contribution is 0.00989. The second-order valence-electron chi connectivity index (χ2n) is 6.15. The summed E-state index contributed by atoms with van der Waals surface area (Å²) in [7, 11) is 5.24. The van der Waals surface area contributed by atoms with Gasteiger partial charge in [-0.3, -0.25) is 4.99 Å². The van der Waals surface area contributed by atoms with Gasteiger partial charge in [-0.25, -0.2) is 0 Å². The first-order valence-electron chi connectivity index (χ1n) is 8.96. The molecule has 1 N–H and O–H groups in total. The van der Waals surface area contributed by atoms with Crippen molar-refractivity contribution >= 4 is 5.96 Å². The Hall–Kier alpha value is -1.79. The molecule has 0 bridgehead atoms. The second-order valence-corrected chi connectivity index (χ2v) is 6.15. The summed E-state index contributed by atoms with van der Waals surface area (Å²) < 4.78 is 16.2. The Morgan fingerprint density at radius 3 is 2.48 bits per heavy atom. The molecular formula is C19H31N3O3. The highest BCUT2D eigenvalue weighted by atomic mass is 16.5. The van der Waals surface area contributed by atoms with Gasteiger partial charge in [0.15, 0.2) is 5.96 Å². The van der Waals surface area contributed by atoms with Crippen LogP contribution in [0.2, 0.25) is 0 Å². The van der Waals surface area contributed by atoms with E-state index in [2.05, 4.69) is 27.3 Å². The van der Waals surface area contributed by atoms with Crippen LogP contribution in [0.25, 0.3) is 0 Å². The van der Waals surface area contributed by atoms with Gasteiger partial charge in [0.25, 0.3) is 0 Å². The van der Waals surface area contributed by atoms with Crippen LogP contribution in [-0.4, -0.2) is 64.5 Å². The Labute approximate surface area is 151 Å². The molecule has 2 rings (SSSR count). The van der Waals surface area contributed by atoms with Crippen LogP contribution in [0.1, 0.15) is 24.8 Å². The zero-order chi connectivity index (χ0) is 17.9. The summed E-state index contributed by atoms with van der Waals surface area (Å²) in [6.45, 7) is 4.24. The summed E-state index contributed by atoms with van der Waals surface area (Å²) in [5, 5.41) is 3.45. The lowest BCUT2D eigenvalue weighted by Crippen LogP contribution is -2.46. The maximum Gasteiger partial charge on any atom is 0.193 e. The maximum absolute atomic E-state index is 5.92. The van der Waals surface area contributed by atoms with Gasteiger partial charge in [0.2, 0.25) is 0 Å². The molecule has 0 amide bonds. The van der Waals surface area contributed by atoms with Crippen LogP contribution < -0.4 is 10.1 Å². The molecule has 0 saturated carbocycles. The Morgan fingerprint density at radius 1 is 1.16 bits per heavy atom. The molecular weight excluding hydrogens is 318 g/mol. The summed E-state index contributed by atoms with van der Waals surface area (Å²) in [5.74, 6) is 1.83. The molecule has 1 aromatic carbocycles. The van der Waals surface area contributed by atoms with Crippen molar-refractivity contribution in [3.63, 3.8) is 0 Å². The first kappa shape index (κ1) is 19.5. The van der Waals surface area contributed by atoms with Crippen LogP contribution in [0.4, 0.5) is 0 Å². The Balaban J connectivity index is 1.72. The van der Waals surface area contributed by atoms with Crippen LogP contribution >= 0.6 is 0 Å². The molecule has 1 saturated heterocycles. The fraction of sp³-hybridized carbons (Fsp3) is 0.632. The van der Waals surface area contributed by atoms with Gasteiger partial charge in [0.05, 0.1) is 13.2 Å². The summed E-state index contributed by atoms with van der Waals surface area (Å²) in [6, 6.07) is 8.09. The van der Waals surface area contributed by atoms with Gasteiger partial charge < -0.3 is 24.4 Å². The maximum atomic E-state index is 5.92. The standard InChI is InChI=1S/C19H31N3O3/c1-20-19(21-15-16-5-7-17(24-3)8-6-16)22-11-9-18(10-12-22)25-14-4-13-23-2/h5-8,18H,4,9-15H2,1-3H3,(H,20,21). The van der Waals surface area contributed by atoms with Gasteiger partial charge in [-0.2, -0.15) is 0 Å². The Kier molecular flexibility index (Phi) is 8.55. The number of nitrogens with one attached hydrogen (secondary N) is 1. The summed E-state index contributed by atoms with van der Waals surface area (Å²) in [5.41, 5.74) is 1.21. The third-order valence-corrected chi connectivity index (χ3v) is 4.41. The molecule has 0 radical (unpaired) electrons. The predicted molar refractivity (Wildman–Crippen MR) is 100 cm³/mol. The average Bonchev–Trinajstić information content (AvgIpc) is 2.67. The second kappa shape index (κ2) is 10.9. The van der Waals surface area contributed by atoms with E-state index in [1.807, 2.05) is 19.2 Å². The molecule has 0 aromatic heterocycles. The quantitative estimate of drug-likeness (QED) is 0.443. The molecule has 1 aliphatic rings. The third kappa shape index (κ3) is 6.55. The number of nitrogens with zero attached hydrogens (tertiary/aromatic N) is 2. The molecule has 1 aromatic rings. The zero-order valence-corrected chi connectivity index (χ0v) is 15.7. The van der Waals surface area contributed by atoms with Gasteiger partial charge in [0.1, 0.15) is 5.75 Å². The number of ether oxygens (including phenoxy) is 3. The smallest absolute Gasteiger partial charge is 0.193 e. The number of guanidine groups is 1. The number of hydrogen-bond donors (Lipinski definition) is 1. The summed E-state index contributed by atoms with van der Waals surface area (Å²) in [4.78, 5) is 6.73. The van der Waals surface area contributed by atoms with E-state index in [4.69, 9.17) is 14.2 Å².